The highest BCUT2D eigenvalue weighted by atomic mass is 79.9. The van der Waals surface area contributed by atoms with Crippen LogP contribution in [-0.4, -0.2) is 22.0 Å². The number of hydrogen-bond acceptors (Lipinski definition) is 5. The van der Waals surface area contributed by atoms with Crippen LogP contribution in [0.25, 0.3) is 0 Å². The molecule has 0 aliphatic heterocycles. The first-order valence-corrected chi connectivity index (χ1v) is 8.87. The van der Waals surface area contributed by atoms with Gasteiger partial charge in [-0.2, -0.15) is 5.10 Å². The van der Waals surface area contributed by atoms with Gasteiger partial charge in [-0.1, -0.05) is 34.1 Å². The van der Waals surface area contributed by atoms with Crippen molar-refractivity contribution in [1.82, 2.24) is 14.9 Å². The van der Waals surface area contributed by atoms with Gasteiger partial charge in [-0.05, 0) is 36.0 Å². The molecule has 26 heavy (non-hydrogen) atoms. The molecule has 0 bridgehead atoms. The van der Waals surface area contributed by atoms with Gasteiger partial charge in [-0.15, -0.1) is 0 Å². The fourth-order valence-electron chi connectivity index (χ4n) is 2.29. The van der Waals surface area contributed by atoms with E-state index in [9.17, 15) is 4.39 Å². The van der Waals surface area contributed by atoms with Crippen LogP contribution in [0.15, 0.2) is 47.2 Å². The highest BCUT2D eigenvalue weighted by molar-refractivity contribution is 9.10. The molecular weight excluding hydrogens is 423 g/mol. The molecule has 0 radical (unpaired) electrons. The van der Waals surface area contributed by atoms with Crippen molar-refractivity contribution in [2.75, 3.05) is 12.5 Å². The number of hydrogen-bond donors (Lipinski definition) is 2. The third-order valence-corrected chi connectivity index (χ3v) is 4.69. The first-order valence-electron chi connectivity index (χ1n) is 7.67. The summed E-state index contributed by atoms with van der Waals surface area (Å²) in [7, 11) is 1.56. The molecule has 3 aromatic rings. The zero-order chi connectivity index (χ0) is 18.5. The number of aromatic amines is 1. The average molecular weight is 439 g/mol. The van der Waals surface area contributed by atoms with Crippen LogP contribution in [0.4, 0.5) is 4.39 Å². The van der Waals surface area contributed by atoms with E-state index in [1.807, 2.05) is 6.07 Å². The Morgan fingerprint density at radius 3 is 2.77 bits per heavy atom. The molecule has 0 atom stereocenters. The second-order valence-electron chi connectivity index (χ2n) is 5.34. The lowest BCUT2D eigenvalue weighted by Gasteiger charge is -2.15. The Morgan fingerprint density at radius 1 is 1.27 bits per heavy atom. The van der Waals surface area contributed by atoms with Gasteiger partial charge in [0.25, 0.3) is 0 Å². The van der Waals surface area contributed by atoms with Crippen LogP contribution in [0.2, 0.25) is 0 Å². The van der Waals surface area contributed by atoms with Gasteiger partial charge in [-0.3, -0.25) is 5.10 Å². The minimum absolute atomic E-state index is 0.108. The van der Waals surface area contributed by atoms with Gasteiger partial charge in [0, 0.05) is 10.0 Å². The molecule has 9 heteroatoms. The van der Waals surface area contributed by atoms with Gasteiger partial charge in [0.05, 0.1) is 13.7 Å². The van der Waals surface area contributed by atoms with E-state index in [1.165, 1.54) is 6.07 Å². The van der Waals surface area contributed by atoms with Gasteiger partial charge >= 0.3 is 0 Å². The molecular formula is C17H16BrFN4O2S. The lowest BCUT2D eigenvalue weighted by molar-refractivity contribution is 0.279. The predicted octanol–water partition coefficient (Wildman–Crippen LogP) is 4.17. The highest BCUT2D eigenvalue weighted by Gasteiger charge is 2.12. The molecule has 0 spiro atoms. The second-order valence-corrected chi connectivity index (χ2v) is 6.58. The summed E-state index contributed by atoms with van der Waals surface area (Å²) in [6, 6.07) is 10.1. The van der Waals surface area contributed by atoms with Crippen molar-refractivity contribution in [1.29, 1.82) is 0 Å². The molecule has 0 amide bonds. The lowest BCUT2D eigenvalue weighted by atomic mass is 10.2. The third-order valence-electron chi connectivity index (χ3n) is 3.67. The van der Waals surface area contributed by atoms with Crippen molar-refractivity contribution in [2.45, 2.75) is 13.2 Å². The number of nitrogens with zero attached hydrogens (tertiary/aromatic N) is 2. The van der Waals surface area contributed by atoms with Crippen molar-refractivity contribution in [2.24, 2.45) is 0 Å². The Hall–Kier alpha value is -2.39. The number of methoxy groups -OCH3 is 1. The van der Waals surface area contributed by atoms with Gasteiger partial charge in [0.15, 0.2) is 11.5 Å². The summed E-state index contributed by atoms with van der Waals surface area (Å²) in [5.74, 6) is 0.770. The molecule has 2 N–H and O–H groups in total. The topological polar surface area (TPSA) is 64.1 Å². The van der Waals surface area contributed by atoms with Gasteiger partial charge in [-0.25, -0.2) is 9.07 Å². The maximum atomic E-state index is 13.7. The van der Waals surface area contributed by atoms with Crippen molar-refractivity contribution >= 4 is 28.1 Å². The number of halogens is 2. The average Bonchev–Trinajstić information content (AvgIpc) is 3.05. The molecule has 1 aromatic heterocycles. The van der Waals surface area contributed by atoms with Crippen molar-refractivity contribution in [3.8, 4) is 11.5 Å². The summed E-state index contributed by atoms with van der Waals surface area (Å²) in [5, 5.41) is 6.51. The van der Waals surface area contributed by atoms with Crippen molar-refractivity contribution < 1.29 is 13.9 Å². The van der Waals surface area contributed by atoms with E-state index in [0.717, 1.165) is 10.0 Å². The Labute approximate surface area is 163 Å². The maximum absolute atomic E-state index is 13.7. The molecule has 2 aromatic carbocycles. The SMILES string of the molecule is COc1cc(CNn2cn[nH]c2=S)c(Br)cc1OCc1ccccc1F. The van der Waals surface area contributed by atoms with Crippen LogP contribution >= 0.6 is 28.1 Å². The van der Waals surface area contributed by atoms with E-state index in [0.29, 0.717) is 28.4 Å². The molecule has 0 saturated heterocycles. The molecule has 1 heterocycles. The van der Waals surface area contributed by atoms with Crippen molar-refractivity contribution in [3.63, 3.8) is 0 Å². The number of benzene rings is 2. The largest absolute Gasteiger partial charge is 0.493 e. The fourth-order valence-corrected chi connectivity index (χ4v) is 2.91. The van der Waals surface area contributed by atoms with Crippen LogP contribution in [0.5, 0.6) is 11.5 Å². The molecule has 6 nitrogen and oxygen atoms in total. The summed E-state index contributed by atoms with van der Waals surface area (Å²) in [4.78, 5) is 0. The van der Waals surface area contributed by atoms with Gasteiger partial charge in [0.2, 0.25) is 4.77 Å². The first-order chi connectivity index (χ1) is 12.6. The number of aromatic nitrogens is 3. The van der Waals surface area contributed by atoms with Crippen LogP contribution in [0.1, 0.15) is 11.1 Å². The summed E-state index contributed by atoms with van der Waals surface area (Å²) in [6.45, 7) is 0.593. The van der Waals surface area contributed by atoms with E-state index in [-0.39, 0.29) is 12.4 Å². The molecule has 136 valence electrons. The summed E-state index contributed by atoms with van der Waals surface area (Å²) >= 11 is 8.62. The number of rotatable bonds is 7. The van der Waals surface area contributed by atoms with Crippen LogP contribution < -0.4 is 14.9 Å². The lowest BCUT2D eigenvalue weighted by Crippen LogP contribution is -2.14. The smallest absolute Gasteiger partial charge is 0.214 e. The number of nitrogens with one attached hydrogen (secondary N) is 2. The molecule has 0 fully saturated rings. The van der Waals surface area contributed by atoms with Crippen molar-refractivity contribution in [3.05, 3.63) is 68.9 Å². The molecule has 0 saturated carbocycles. The fraction of sp³-hybridized carbons (Fsp3) is 0.176. The van der Waals surface area contributed by atoms with Crippen LogP contribution in [0, 0.1) is 10.6 Å². The Balaban J connectivity index is 1.75. The quantitative estimate of drug-likeness (QED) is 0.541. The summed E-state index contributed by atoms with van der Waals surface area (Å²) in [6.07, 6.45) is 1.55. The molecule has 0 aliphatic rings. The first kappa shape index (κ1) is 18.4. The van der Waals surface area contributed by atoms with E-state index < -0.39 is 0 Å². The molecule has 0 aliphatic carbocycles. The second kappa shape index (κ2) is 8.33. The van der Waals surface area contributed by atoms with Gasteiger partial charge < -0.3 is 14.9 Å². The summed E-state index contributed by atoms with van der Waals surface area (Å²) < 4.78 is 27.8. The molecule has 0 unspecified atom stereocenters. The zero-order valence-electron chi connectivity index (χ0n) is 13.8. The van der Waals surface area contributed by atoms with E-state index in [4.69, 9.17) is 21.7 Å². The zero-order valence-corrected chi connectivity index (χ0v) is 16.2. The maximum Gasteiger partial charge on any atom is 0.214 e. The summed E-state index contributed by atoms with van der Waals surface area (Å²) in [5.41, 5.74) is 4.54. The van der Waals surface area contributed by atoms with Crippen LogP contribution in [0.3, 0.4) is 0 Å². The van der Waals surface area contributed by atoms with E-state index in [1.54, 1.807) is 42.4 Å². The standard InChI is InChI=1S/C17H16BrFN4O2S/c1-24-15-6-12(8-21-23-10-20-22-17(23)26)13(18)7-16(15)25-9-11-4-2-3-5-14(11)19/h2-7,10,21H,8-9H2,1H3,(H,22,26). The number of H-pyrrole nitrogens is 1. The monoisotopic (exact) mass is 438 g/mol. The predicted molar refractivity (Wildman–Crippen MR) is 102 cm³/mol. The van der Waals surface area contributed by atoms with E-state index in [2.05, 4.69) is 31.6 Å². The van der Waals surface area contributed by atoms with Gasteiger partial charge in [0.1, 0.15) is 18.8 Å². The van der Waals surface area contributed by atoms with E-state index >= 15 is 0 Å². The third kappa shape index (κ3) is 4.23. The Bertz CT molecular complexity index is 960. The minimum atomic E-state index is -0.303. The van der Waals surface area contributed by atoms with Crippen LogP contribution in [-0.2, 0) is 13.2 Å². The number of ether oxygens (including phenoxy) is 2. The Kier molecular flexibility index (Phi) is 5.89. The minimum Gasteiger partial charge on any atom is -0.493 e. The molecule has 3 rings (SSSR count). The normalized spacial score (nSPS) is 10.6. The highest BCUT2D eigenvalue weighted by Crippen LogP contribution is 2.34. The Morgan fingerprint density at radius 2 is 2.08 bits per heavy atom.